The molecule has 12 nitrogen and oxygen atoms in total. The van der Waals surface area contributed by atoms with Gasteiger partial charge in [0.15, 0.2) is 0 Å². The van der Waals surface area contributed by atoms with E-state index in [4.69, 9.17) is 14.0 Å². The van der Waals surface area contributed by atoms with Crippen LogP contribution in [-0.2, 0) is 21.0 Å². The number of ether oxygens (including phenoxy) is 2. The van der Waals surface area contributed by atoms with Crippen molar-refractivity contribution in [3.05, 3.63) is 78.5 Å². The van der Waals surface area contributed by atoms with Crippen molar-refractivity contribution in [3.8, 4) is 17.4 Å². The molecule has 1 amide bonds. The maximum atomic E-state index is 13.1. The topological polar surface area (TPSA) is 165 Å². The van der Waals surface area contributed by atoms with E-state index in [0.717, 1.165) is 0 Å². The van der Waals surface area contributed by atoms with Gasteiger partial charge in [-0.05, 0) is 54.8 Å². The molecule has 222 valence electrons. The Labute approximate surface area is 239 Å². The minimum Gasteiger partial charge on any atom is -0.497 e. The number of para-hydroxylation sites is 1. The van der Waals surface area contributed by atoms with Crippen LogP contribution in [0.2, 0.25) is 0 Å². The minimum absolute atomic E-state index is 0.0939. The highest BCUT2D eigenvalue weighted by atomic mass is 32.2. The van der Waals surface area contributed by atoms with Crippen LogP contribution in [0, 0.1) is 0 Å². The summed E-state index contributed by atoms with van der Waals surface area (Å²) in [6.45, 7) is 1.91. The summed E-state index contributed by atoms with van der Waals surface area (Å²) in [7, 11) is -6.21. The average molecular weight is 608 g/mol. The number of nitrogens with zero attached hydrogens (tertiary/aromatic N) is 2. The quantitative estimate of drug-likeness (QED) is 0.203. The number of rotatable bonds is 16. The molecular weight excluding hydrogens is 573 g/mol. The molecule has 0 radical (unpaired) electrons. The average Bonchev–Trinajstić information content (AvgIpc) is 2.94. The zero-order valence-corrected chi connectivity index (χ0v) is 24.5. The van der Waals surface area contributed by atoms with Crippen molar-refractivity contribution in [3.63, 3.8) is 0 Å². The molecule has 41 heavy (non-hydrogen) atoms. The van der Waals surface area contributed by atoms with E-state index >= 15 is 0 Å². The Kier molecular flexibility index (Phi) is 11.5. The lowest BCUT2D eigenvalue weighted by Gasteiger charge is -2.24. The molecule has 3 rings (SSSR count). The molecule has 0 saturated heterocycles. The van der Waals surface area contributed by atoms with Gasteiger partial charge in [-0.1, -0.05) is 31.2 Å². The van der Waals surface area contributed by atoms with Crippen molar-refractivity contribution < 1.29 is 41.8 Å². The first-order chi connectivity index (χ1) is 19.5. The van der Waals surface area contributed by atoms with Crippen molar-refractivity contribution in [1.29, 1.82) is 0 Å². The third-order valence-electron chi connectivity index (χ3n) is 6.00. The van der Waals surface area contributed by atoms with Gasteiger partial charge in [-0.15, -0.1) is 0 Å². The smallest absolute Gasteiger partial charge is 0.404 e. The fraction of sp³-hybridized carbons (Fsp3) is 0.333. The van der Waals surface area contributed by atoms with Gasteiger partial charge in [0.05, 0.1) is 18.2 Å². The normalized spacial score (nSPS) is 13.7. The third kappa shape index (κ3) is 10.0. The summed E-state index contributed by atoms with van der Waals surface area (Å²) in [5.74, 6) is 1.04. The number of benzene rings is 2. The van der Waals surface area contributed by atoms with E-state index in [9.17, 15) is 27.8 Å². The lowest BCUT2D eigenvalue weighted by Crippen LogP contribution is -2.40. The van der Waals surface area contributed by atoms with Crippen molar-refractivity contribution in [2.75, 3.05) is 33.0 Å². The molecule has 2 atom stereocenters. The molecule has 0 aliphatic rings. The van der Waals surface area contributed by atoms with Gasteiger partial charge in [-0.25, -0.2) is 22.8 Å². The second kappa shape index (κ2) is 14.8. The van der Waals surface area contributed by atoms with Crippen LogP contribution in [0.25, 0.3) is 0 Å². The Balaban J connectivity index is 1.56. The lowest BCUT2D eigenvalue weighted by molar-refractivity contribution is 0.188. The number of carboxylic acid groups (broad SMARTS) is 1. The maximum absolute atomic E-state index is 13.1. The molecule has 1 aromatic heterocycles. The standard InChI is InChI=1S/C27H34N3O9PS/c1-3-30(41(35,36)25-12-10-23(37-2)11-13-25)16-15-22(29-27(31)32)19-21-9-14-26(28-20-21)38-17-18-40(33,34)39-24-7-5-4-6-8-24/h4-14,20,22,29H,3,15-19H2,1-2H3,(H,31,32)(H,33,34)/t22-/m1/s1. The number of pyridine rings is 1. The molecule has 1 heterocycles. The van der Waals surface area contributed by atoms with Crippen LogP contribution in [0.15, 0.2) is 77.8 Å². The number of amides is 1. The van der Waals surface area contributed by atoms with Crippen LogP contribution in [0.1, 0.15) is 18.9 Å². The summed E-state index contributed by atoms with van der Waals surface area (Å²) in [5, 5.41) is 11.8. The molecule has 3 N–H and O–H groups in total. The summed E-state index contributed by atoms with van der Waals surface area (Å²) < 4.78 is 55.5. The molecule has 1 unspecified atom stereocenters. The molecule has 0 fully saturated rings. The van der Waals surface area contributed by atoms with E-state index < -0.39 is 29.8 Å². The number of hydrogen-bond donors (Lipinski definition) is 3. The van der Waals surface area contributed by atoms with Gasteiger partial charge in [0.1, 0.15) is 18.1 Å². The van der Waals surface area contributed by atoms with Crippen molar-refractivity contribution in [1.82, 2.24) is 14.6 Å². The zero-order valence-electron chi connectivity index (χ0n) is 22.8. The highest BCUT2D eigenvalue weighted by Crippen LogP contribution is 2.42. The van der Waals surface area contributed by atoms with Crippen LogP contribution >= 0.6 is 7.60 Å². The first-order valence-electron chi connectivity index (χ1n) is 12.8. The van der Waals surface area contributed by atoms with Crippen LogP contribution in [0.3, 0.4) is 0 Å². The van der Waals surface area contributed by atoms with Gasteiger partial charge < -0.3 is 29.3 Å². The Morgan fingerprint density at radius 1 is 1.07 bits per heavy atom. The maximum Gasteiger partial charge on any atom is 0.404 e. The molecule has 3 aromatic rings. The van der Waals surface area contributed by atoms with Gasteiger partial charge in [-0.2, -0.15) is 4.31 Å². The summed E-state index contributed by atoms with van der Waals surface area (Å²) in [6.07, 6.45) is 0.521. The van der Waals surface area contributed by atoms with Gasteiger partial charge >= 0.3 is 13.7 Å². The van der Waals surface area contributed by atoms with Crippen LogP contribution < -0.4 is 19.3 Å². The second-order valence-electron chi connectivity index (χ2n) is 8.93. The Morgan fingerprint density at radius 2 is 1.78 bits per heavy atom. The predicted octanol–water partition coefficient (Wildman–Crippen LogP) is 4.01. The fourth-order valence-electron chi connectivity index (χ4n) is 3.90. The number of carbonyl (C=O) groups is 1. The predicted molar refractivity (Wildman–Crippen MR) is 152 cm³/mol. The molecule has 14 heteroatoms. The van der Waals surface area contributed by atoms with Crippen LogP contribution in [0.5, 0.6) is 17.4 Å². The Morgan fingerprint density at radius 3 is 2.37 bits per heavy atom. The molecule has 0 spiro atoms. The van der Waals surface area contributed by atoms with Crippen LogP contribution in [0.4, 0.5) is 4.79 Å². The first kappa shape index (κ1) is 31.9. The Bertz CT molecular complexity index is 1410. The SMILES string of the molecule is CCN(CC[C@H](Cc1ccc(OCCP(=O)(O)Oc2ccccc2)nc1)NC(=O)O)S(=O)(=O)c1ccc(OC)cc1. The van der Waals surface area contributed by atoms with Crippen molar-refractivity contribution in [2.45, 2.75) is 30.7 Å². The second-order valence-corrected chi connectivity index (χ2v) is 12.8. The first-order valence-corrected chi connectivity index (χ1v) is 16.0. The number of nitrogens with one attached hydrogen (secondary N) is 1. The fourth-order valence-corrected chi connectivity index (χ4v) is 6.23. The highest BCUT2D eigenvalue weighted by Gasteiger charge is 2.25. The number of aromatic nitrogens is 1. The number of hydrogen-bond acceptors (Lipinski definition) is 8. The van der Waals surface area contributed by atoms with E-state index in [-0.39, 0.29) is 55.2 Å². The molecular formula is C27H34N3O9PS. The highest BCUT2D eigenvalue weighted by molar-refractivity contribution is 7.89. The number of sulfonamides is 1. The van der Waals surface area contributed by atoms with E-state index in [2.05, 4.69) is 10.3 Å². The zero-order chi connectivity index (χ0) is 29.9. The van der Waals surface area contributed by atoms with E-state index in [0.29, 0.717) is 11.3 Å². The van der Waals surface area contributed by atoms with Gasteiger partial charge in [0.25, 0.3) is 0 Å². The lowest BCUT2D eigenvalue weighted by atomic mass is 10.0. The minimum atomic E-state index is -3.92. The molecule has 0 saturated carbocycles. The molecule has 0 aliphatic heterocycles. The third-order valence-corrected chi connectivity index (χ3v) is 9.23. The summed E-state index contributed by atoms with van der Waals surface area (Å²) in [5.41, 5.74) is 0.692. The van der Waals surface area contributed by atoms with Crippen molar-refractivity contribution in [2.24, 2.45) is 0 Å². The summed E-state index contributed by atoms with van der Waals surface area (Å²) in [4.78, 5) is 25.8. The van der Waals surface area contributed by atoms with Crippen LogP contribution in [-0.4, -0.2) is 72.8 Å². The van der Waals surface area contributed by atoms with E-state index in [1.54, 1.807) is 61.5 Å². The Hall–Kier alpha value is -3.64. The van der Waals surface area contributed by atoms with Gasteiger partial charge in [0.2, 0.25) is 15.9 Å². The molecule has 2 aromatic carbocycles. The summed E-state index contributed by atoms with van der Waals surface area (Å²) in [6, 6.07) is 17.1. The largest absolute Gasteiger partial charge is 0.497 e. The van der Waals surface area contributed by atoms with Crippen molar-refractivity contribution >= 4 is 23.7 Å². The van der Waals surface area contributed by atoms with Gasteiger partial charge in [-0.3, -0.25) is 0 Å². The molecule has 0 aliphatic carbocycles. The van der Waals surface area contributed by atoms with E-state index in [1.165, 1.54) is 29.7 Å². The summed E-state index contributed by atoms with van der Waals surface area (Å²) >= 11 is 0. The monoisotopic (exact) mass is 607 g/mol. The number of methoxy groups -OCH3 is 1. The van der Waals surface area contributed by atoms with Gasteiger partial charge in [0, 0.05) is 31.4 Å². The van der Waals surface area contributed by atoms with E-state index in [1.807, 2.05) is 0 Å². The molecule has 0 bridgehead atoms.